The average molecular weight is 347 g/mol. The fraction of sp³-hybridized carbons (Fsp3) is 0.235. The van der Waals surface area contributed by atoms with Crippen LogP contribution in [0.4, 0.5) is 5.69 Å². The predicted molar refractivity (Wildman–Crippen MR) is 90.4 cm³/mol. The molecule has 0 fully saturated rings. The first-order valence-corrected chi connectivity index (χ1v) is 7.70. The number of hydrogen-bond acceptors (Lipinski definition) is 2. The molecular formula is C17H19BrN2O. The first-order valence-electron chi connectivity index (χ1n) is 6.90. The maximum Gasteiger partial charge on any atom is 0.238 e. The number of nitrogens with one attached hydrogen (secondary N) is 2. The number of aryl methyl sites for hydroxylation is 1. The molecule has 2 aromatic rings. The summed E-state index contributed by atoms with van der Waals surface area (Å²) in [6, 6.07) is 16.0. The lowest BCUT2D eigenvalue weighted by Crippen LogP contribution is -2.30. The summed E-state index contributed by atoms with van der Waals surface area (Å²) in [5.41, 5.74) is 3.08. The van der Waals surface area contributed by atoms with Crippen molar-refractivity contribution in [1.82, 2.24) is 5.32 Å². The summed E-state index contributed by atoms with van der Waals surface area (Å²) in [6.07, 6.45) is 0. The molecule has 0 radical (unpaired) electrons. The molecule has 4 heteroatoms. The van der Waals surface area contributed by atoms with Gasteiger partial charge in [0.1, 0.15) is 0 Å². The van der Waals surface area contributed by atoms with Crippen molar-refractivity contribution in [1.29, 1.82) is 0 Å². The molecule has 0 saturated carbocycles. The van der Waals surface area contributed by atoms with Gasteiger partial charge in [0.05, 0.1) is 6.54 Å². The third kappa shape index (κ3) is 4.69. The van der Waals surface area contributed by atoms with E-state index in [4.69, 9.17) is 0 Å². The van der Waals surface area contributed by atoms with Crippen LogP contribution in [-0.4, -0.2) is 12.5 Å². The Bertz CT molecular complexity index is 613. The monoisotopic (exact) mass is 346 g/mol. The standard InChI is InChI=1S/C17H19BrN2O/c1-12-10-15(8-9-16(12)18)20-17(21)11-19-13(2)14-6-4-3-5-7-14/h3-10,13,19H,11H2,1-2H3,(H,20,21). The van der Waals surface area contributed by atoms with Crippen molar-refractivity contribution in [2.75, 3.05) is 11.9 Å². The van der Waals surface area contributed by atoms with Gasteiger partial charge in [0.15, 0.2) is 0 Å². The lowest BCUT2D eigenvalue weighted by Gasteiger charge is -2.14. The van der Waals surface area contributed by atoms with Gasteiger partial charge in [-0.3, -0.25) is 4.79 Å². The summed E-state index contributed by atoms with van der Waals surface area (Å²) in [6.45, 7) is 4.33. The minimum Gasteiger partial charge on any atom is -0.325 e. The summed E-state index contributed by atoms with van der Waals surface area (Å²) in [5, 5.41) is 6.12. The van der Waals surface area contributed by atoms with Gasteiger partial charge < -0.3 is 10.6 Å². The average Bonchev–Trinajstić information content (AvgIpc) is 2.49. The molecule has 0 bridgehead atoms. The Kier molecular flexibility index (Phi) is 5.53. The molecule has 1 amide bonds. The molecule has 1 atom stereocenters. The van der Waals surface area contributed by atoms with Crippen LogP contribution < -0.4 is 10.6 Å². The highest BCUT2D eigenvalue weighted by Gasteiger charge is 2.08. The van der Waals surface area contributed by atoms with Crippen LogP contribution in [0.15, 0.2) is 53.0 Å². The topological polar surface area (TPSA) is 41.1 Å². The van der Waals surface area contributed by atoms with Crippen LogP contribution >= 0.6 is 15.9 Å². The van der Waals surface area contributed by atoms with E-state index in [0.29, 0.717) is 0 Å². The molecule has 0 aliphatic carbocycles. The van der Waals surface area contributed by atoms with E-state index in [1.165, 1.54) is 5.56 Å². The zero-order valence-electron chi connectivity index (χ0n) is 12.2. The van der Waals surface area contributed by atoms with Crippen molar-refractivity contribution in [2.24, 2.45) is 0 Å². The normalized spacial score (nSPS) is 12.0. The minimum atomic E-state index is -0.0421. The molecule has 1 unspecified atom stereocenters. The van der Waals surface area contributed by atoms with Gasteiger partial charge in [-0.1, -0.05) is 46.3 Å². The van der Waals surface area contributed by atoms with Crippen molar-refractivity contribution in [3.63, 3.8) is 0 Å². The number of amides is 1. The van der Waals surface area contributed by atoms with Gasteiger partial charge in [0.2, 0.25) is 5.91 Å². The molecule has 2 rings (SSSR count). The zero-order chi connectivity index (χ0) is 15.2. The first-order chi connectivity index (χ1) is 10.1. The maximum atomic E-state index is 12.0. The van der Waals surface area contributed by atoms with Gasteiger partial charge >= 0.3 is 0 Å². The highest BCUT2D eigenvalue weighted by atomic mass is 79.9. The molecule has 2 N–H and O–H groups in total. The van der Waals surface area contributed by atoms with Crippen LogP contribution in [0, 0.1) is 6.92 Å². The van der Waals surface area contributed by atoms with Crippen molar-refractivity contribution < 1.29 is 4.79 Å². The fourth-order valence-corrected chi connectivity index (χ4v) is 2.28. The second kappa shape index (κ2) is 7.38. The van der Waals surface area contributed by atoms with Crippen molar-refractivity contribution in [3.8, 4) is 0 Å². The maximum absolute atomic E-state index is 12.0. The first kappa shape index (κ1) is 15.7. The quantitative estimate of drug-likeness (QED) is 0.857. The summed E-state index contributed by atoms with van der Waals surface area (Å²) < 4.78 is 1.04. The Morgan fingerprint density at radius 3 is 2.57 bits per heavy atom. The van der Waals surface area contributed by atoms with Crippen molar-refractivity contribution in [2.45, 2.75) is 19.9 Å². The van der Waals surface area contributed by atoms with Crippen molar-refractivity contribution in [3.05, 3.63) is 64.1 Å². The number of carbonyl (C=O) groups is 1. The Morgan fingerprint density at radius 2 is 1.90 bits per heavy atom. The van der Waals surface area contributed by atoms with Gasteiger partial charge in [0.25, 0.3) is 0 Å². The summed E-state index contributed by atoms with van der Waals surface area (Å²) in [7, 11) is 0. The molecule has 2 aromatic carbocycles. The van der Waals surface area contributed by atoms with Crippen LogP contribution in [0.3, 0.4) is 0 Å². The number of rotatable bonds is 5. The lowest BCUT2D eigenvalue weighted by atomic mass is 10.1. The number of halogens is 1. The predicted octanol–water partition coefficient (Wildman–Crippen LogP) is 4.05. The third-order valence-electron chi connectivity index (χ3n) is 3.31. The zero-order valence-corrected chi connectivity index (χ0v) is 13.8. The van der Waals surface area contributed by atoms with E-state index < -0.39 is 0 Å². The smallest absolute Gasteiger partial charge is 0.238 e. The number of benzene rings is 2. The second-order valence-electron chi connectivity index (χ2n) is 5.03. The summed E-state index contributed by atoms with van der Waals surface area (Å²) >= 11 is 3.45. The fourth-order valence-electron chi connectivity index (χ4n) is 2.03. The van der Waals surface area contributed by atoms with Crippen LogP contribution in [0.5, 0.6) is 0 Å². The van der Waals surface area contributed by atoms with E-state index in [2.05, 4.69) is 26.6 Å². The van der Waals surface area contributed by atoms with Crippen molar-refractivity contribution >= 4 is 27.5 Å². The number of anilines is 1. The summed E-state index contributed by atoms with van der Waals surface area (Å²) in [4.78, 5) is 12.0. The molecule has 0 heterocycles. The Morgan fingerprint density at radius 1 is 1.19 bits per heavy atom. The van der Waals surface area contributed by atoms with E-state index in [1.807, 2.05) is 62.4 Å². The SMILES string of the molecule is Cc1cc(NC(=O)CNC(C)c2ccccc2)ccc1Br. The summed E-state index contributed by atoms with van der Waals surface area (Å²) in [5.74, 6) is -0.0421. The molecule has 21 heavy (non-hydrogen) atoms. The number of carbonyl (C=O) groups excluding carboxylic acids is 1. The van der Waals surface area contributed by atoms with Gasteiger partial charge in [-0.15, -0.1) is 0 Å². The minimum absolute atomic E-state index is 0.0421. The second-order valence-corrected chi connectivity index (χ2v) is 5.88. The van der Waals surface area contributed by atoms with Crippen LogP contribution in [0.25, 0.3) is 0 Å². The lowest BCUT2D eigenvalue weighted by molar-refractivity contribution is -0.115. The highest BCUT2D eigenvalue weighted by molar-refractivity contribution is 9.10. The highest BCUT2D eigenvalue weighted by Crippen LogP contribution is 2.19. The van der Waals surface area contributed by atoms with E-state index >= 15 is 0 Å². The molecule has 0 aromatic heterocycles. The largest absolute Gasteiger partial charge is 0.325 e. The van der Waals surface area contributed by atoms with Crippen LogP contribution in [0.1, 0.15) is 24.1 Å². The van der Waals surface area contributed by atoms with Crippen LogP contribution in [0.2, 0.25) is 0 Å². The van der Waals surface area contributed by atoms with E-state index in [1.54, 1.807) is 0 Å². The molecule has 0 saturated heterocycles. The van der Waals surface area contributed by atoms with Gasteiger partial charge in [0, 0.05) is 16.2 Å². The Labute approximate surface area is 133 Å². The Balaban J connectivity index is 1.86. The van der Waals surface area contributed by atoms with Gasteiger partial charge in [-0.2, -0.15) is 0 Å². The molecule has 0 aliphatic heterocycles. The van der Waals surface area contributed by atoms with Gasteiger partial charge in [-0.05, 0) is 43.2 Å². The number of hydrogen-bond donors (Lipinski definition) is 2. The molecule has 0 spiro atoms. The van der Waals surface area contributed by atoms with Gasteiger partial charge in [-0.25, -0.2) is 0 Å². The Hall–Kier alpha value is -1.65. The molecule has 3 nitrogen and oxygen atoms in total. The molecule has 110 valence electrons. The van der Waals surface area contributed by atoms with E-state index in [0.717, 1.165) is 15.7 Å². The molecular weight excluding hydrogens is 328 g/mol. The van der Waals surface area contributed by atoms with E-state index in [9.17, 15) is 4.79 Å². The van der Waals surface area contributed by atoms with E-state index in [-0.39, 0.29) is 18.5 Å². The molecule has 0 aliphatic rings. The third-order valence-corrected chi connectivity index (χ3v) is 4.20. The van der Waals surface area contributed by atoms with Crippen LogP contribution in [-0.2, 0) is 4.79 Å².